The predicted molar refractivity (Wildman–Crippen MR) is 123 cm³/mol. The van der Waals surface area contributed by atoms with Gasteiger partial charge in [0, 0.05) is 5.69 Å². The van der Waals surface area contributed by atoms with Crippen molar-refractivity contribution in [3.63, 3.8) is 0 Å². The van der Waals surface area contributed by atoms with Crippen LogP contribution in [0.4, 0.5) is 23.0 Å². The van der Waals surface area contributed by atoms with Gasteiger partial charge in [0.1, 0.15) is 17.8 Å². The quantitative estimate of drug-likeness (QED) is 0.212. The number of unbranched alkanes of at least 4 members (excludes halogenated alkanes) is 1. The van der Waals surface area contributed by atoms with Crippen molar-refractivity contribution < 1.29 is 19.2 Å². The molecule has 3 rings (SSSR count). The van der Waals surface area contributed by atoms with Gasteiger partial charge in [-0.1, -0.05) is 31.5 Å². The smallest absolute Gasteiger partial charge is 0.355 e. The molecule has 11 nitrogen and oxygen atoms in total. The highest BCUT2D eigenvalue weighted by atomic mass is 16.6. The van der Waals surface area contributed by atoms with Crippen LogP contribution in [0.5, 0.6) is 11.5 Å². The van der Waals surface area contributed by atoms with E-state index in [0.717, 1.165) is 19.2 Å². The Morgan fingerprint density at radius 3 is 2.39 bits per heavy atom. The monoisotopic (exact) mass is 452 g/mol. The lowest BCUT2D eigenvalue weighted by atomic mass is 10.3. The molecule has 0 aliphatic heterocycles. The van der Waals surface area contributed by atoms with Gasteiger partial charge in [-0.3, -0.25) is 25.8 Å². The molecule has 0 fully saturated rings. The Kier molecular flexibility index (Phi) is 8.34. The predicted octanol–water partition coefficient (Wildman–Crippen LogP) is 3.83. The van der Waals surface area contributed by atoms with Gasteiger partial charge >= 0.3 is 5.69 Å². The molecule has 0 aliphatic rings. The van der Waals surface area contributed by atoms with Crippen molar-refractivity contribution in [2.75, 3.05) is 24.0 Å². The molecule has 0 aliphatic carbocycles. The zero-order valence-corrected chi connectivity index (χ0v) is 18.0. The van der Waals surface area contributed by atoms with Crippen LogP contribution in [-0.2, 0) is 4.79 Å². The highest BCUT2D eigenvalue weighted by Gasteiger charge is 2.23. The minimum Gasteiger partial charge on any atom is -0.494 e. The number of hydrogen-bond donors (Lipinski definition) is 3. The molecule has 0 bridgehead atoms. The molecule has 0 saturated carbocycles. The van der Waals surface area contributed by atoms with Crippen LogP contribution < -0.4 is 25.6 Å². The molecule has 0 saturated heterocycles. The lowest BCUT2D eigenvalue weighted by Crippen LogP contribution is -2.34. The number of nitrogens with zero attached hydrogens (tertiary/aromatic N) is 3. The first-order chi connectivity index (χ1) is 16.1. The Morgan fingerprint density at radius 2 is 1.70 bits per heavy atom. The maximum Gasteiger partial charge on any atom is 0.355 e. The number of carbonyl (C=O) groups is 1. The average molecular weight is 452 g/mol. The van der Waals surface area contributed by atoms with Crippen molar-refractivity contribution in [3.8, 4) is 11.5 Å². The molecule has 1 amide bonds. The Balaban J connectivity index is 1.63. The van der Waals surface area contributed by atoms with Crippen molar-refractivity contribution >= 4 is 28.9 Å². The molecule has 3 aromatic rings. The van der Waals surface area contributed by atoms with Crippen molar-refractivity contribution in [2.24, 2.45) is 0 Å². The summed E-state index contributed by atoms with van der Waals surface area (Å²) in [4.78, 5) is 30.9. The number of rotatable bonds is 12. The molecule has 33 heavy (non-hydrogen) atoms. The van der Waals surface area contributed by atoms with Gasteiger partial charge in [0.25, 0.3) is 5.91 Å². The van der Waals surface area contributed by atoms with Gasteiger partial charge in [-0.25, -0.2) is 9.97 Å². The fourth-order valence-electron chi connectivity index (χ4n) is 2.67. The third kappa shape index (κ3) is 7.06. The standard InChI is InChI=1S/C22H24N6O5/c1-2-3-13-32-18-11-9-16(10-12-18)25-21-20(28(30)31)22(24-15-23-21)27-26-19(29)14-33-17-7-5-4-6-8-17/h4-12,15H,2-3,13-14H2,1H3,(H,26,29)(H2,23,24,25,27). The molecule has 0 atom stereocenters. The molecule has 1 aromatic heterocycles. The summed E-state index contributed by atoms with van der Waals surface area (Å²) in [5.41, 5.74) is 4.95. The molecular weight excluding hydrogens is 428 g/mol. The van der Waals surface area contributed by atoms with Crippen LogP contribution in [0.1, 0.15) is 19.8 Å². The summed E-state index contributed by atoms with van der Waals surface area (Å²) >= 11 is 0. The van der Waals surface area contributed by atoms with E-state index < -0.39 is 16.5 Å². The van der Waals surface area contributed by atoms with Crippen molar-refractivity contribution in [1.29, 1.82) is 0 Å². The first-order valence-electron chi connectivity index (χ1n) is 10.3. The van der Waals surface area contributed by atoms with Crippen molar-refractivity contribution in [2.45, 2.75) is 19.8 Å². The third-order valence-corrected chi connectivity index (χ3v) is 4.32. The lowest BCUT2D eigenvalue weighted by Gasteiger charge is -2.12. The largest absolute Gasteiger partial charge is 0.494 e. The van der Waals surface area contributed by atoms with E-state index in [1.807, 2.05) is 6.07 Å². The SMILES string of the molecule is CCCCOc1ccc(Nc2ncnc(NNC(=O)COc3ccccc3)c2[N+](=O)[O-])cc1. The van der Waals surface area contributed by atoms with Gasteiger partial charge in [-0.05, 0) is 42.8 Å². The van der Waals surface area contributed by atoms with E-state index in [4.69, 9.17) is 9.47 Å². The highest BCUT2D eigenvalue weighted by Crippen LogP contribution is 2.31. The molecule has 0 radical (unpaired) electrons. The summed E-state index contributed by atoms with van der Waals surface area (Å²) in [6.45, 7) is 2.42. The van der Waals surface area contributed by atoms with Crippen LogP contribution in [0.3, 0.4) is 0 Å². The van der Waals surface area contributed by atoms with Crippen molar-refractivity contribution in [3.05, 3.63) is 71.0 Å². The van der Waals surface area contributed by atoms with E-state index in [9.17, 15) is 14.9 Å². The zero-order chi connectivity index (χ0) is 23.5. The molecule has 2 aromatic carbocycles. The van der Waals surface area contributed by atoms with Crippen molar-refractivity contribution in [1.82, 2.24) is 15.4 Å². The van der Waals surface area contributed by atoms with E-state index >= 15 is 0 Å². The molecule has 0 spiro atoms. The summed E-state index contributed by atoms with van der Waals surface area (Å²) in [6, 6.07) is 15.8. The summed E-state index contributed by atoms with van der Waals surface area (Å²) in [5, 5.41) is 14.6. The average Bonchev–Trinajstić information content (AvgIpc) is 2.83. The first-order valence-corrected chi connectivity index (χ1v) is 10.3. The molecule has 11 heteroatoms. The zero-order valence-electron chi connectivity index (χ0n) is 18.0. The molecule has 3 N–H and O–H groups in total. The number of para-hydroxylation sites is 1. The van der Waals surface area contributed by atoms with E-state index in [2.05, 4.69) is 33.1 Å². The van der Waals surface area contributed by atoms with Gasteiger partial charge < -0.3 is 14.8 Å². The second-order valence-corrected chi connectivity index (χ2v) is 6.80. The fraction of sp³-hybridized carbons (Fsp3) is 0.227. The Labute approximate surface area is 190 Å². The maximum absolute atomic E-state index is 12.0. The minimum atomic E-state index is -0.639. The van der Waals surface area contributed by atoms with Crippen LogP contribution in [-0.4, -0.2) is 34.0 Å². The van der Waals surface area contributed by atoms with Crippen LogP contribution in [0.25, 0.3) is 0 Å². The Morgan fingerprint density at radius 1 is 1.00 bits per heavy atom. The number of amides is 1. The second-order valence-electron chi connectivity index (χ2n) is 6.80. The Hall–Kier alpha value is -4.41. The maximum atomic E-state index is 12.0. The molecule has 0 unspecified atom stereocenters. The van der Waals surface area contributed by atoms with Crippen LogP contribution in [0.2, 0.25) is 0 Å². The third-order valence-electron chi connectivity index (χ3n) is 4.32. The number of nitro groups is 1. The van der Waals surface area contributed by atoms with E-state index in [1.165, 1.54) is 0 Å². The number of hydrazine groups is 1. The number of ether oxygens (including phenoxy) is 2. The summed E-state index contributed by atoms with van der Waals surface area (Å²) < 4.78 is 10.9. The number of aromatic nitrogens is 2. The number of carbonyl (C=O) groups excluding carboxylic acids is 1. The molecule has 1 heterocycles. The minimum absolute atomic E-state index is 0.0352. The van der Waals surface area contributed by atoms with Gasteiger partial charge in [-0.15, -0.1) is 0 Å². The molecule has 172 valence electrons. The highest BCUT2D eigenvalue weighted by molar-refractivity contribution is 5.80. The topological polar surface area (TPSA) is 141 Å². The normalized spacial score (nSPS) is 10.2. The van der Waals surface area contributed by atoms with Gasteiger partial charge in [-0.2, -0.15) is 0 Å². The van der Waals surface area contributed by atoms with E-state index in [0.29, 0.717) is 23.8 Å². The molecular formula is C22H24N6O5. The number of nitrogens with one attached hydrogen (secondary N) is 3. The summed E-state index contributed by atoms with van der Waals surface area (Å²) in [7, 11) is 0. The van der Waals surface area contributed by atoms with Gasteiger partial charge in [0.2, 0.25) is 11.6 Å². The van der Waals surface area contributed by atoms with Gasteiger partial charge in [0.15, 0.2) is 6.61 Å². The van der Waals surface area contributed by atoms with Crippen LogP contribution >= 0.6 is 0 Å². The first kappa shape index (κ1) is 23.3. The summed E-state index contributed by atoms with van der Waals surface area (Å²) in [5.74, 6) is 0.472. The van der Waals surface area contributed by atoms with Crippen LogP contribution in [0.15, 0.2) is 60.9 Å². The number of benzene rings is 2. The van der Waals surface area contributed by atoms with Crippen LogP contribution in [0, 0.1) is 10.1 Å². The second kappa shape index (κ2) is 11.8. The van der Waals surface area contributed by atoms with E-state index in [1.54, 1.807) is 48.5 Å². The Bertz CT molecular complexity index is 1060. The van der Waals surface area contributed by atoms with E-state index in [-0.39, 0.29) is 18.2 Å². The summed E-state index contributed by atoms with van der Waals surface area (Å²) in [6.07, 6.45) is 3.14. The van der Waals surface area contributed by atoms with Gasteiger partial charge in [0.05, 0.1) is 11.5 Å². The fourth-order valence-corrected chi connectivity index (χ4v) is 2.67. The number of hydrogen-bond acceptors (Lipinski definition) is 9. The number of anilines is 3. The lowest BCUT2D eigenvalue weighted by molar-refractivity contribution is -0.383.